The molecule has 58 valence electrons. The monoisotopic (exact) mass is 155 g/mol. The topological polar surface area (TPSA) is 39.1 Å². The van der Waals surface area contributed by atoms with E-state index in [1.807, 2.05) is 0 Å². The number of carbonyl (C=O) groups is 1. The lowest BCUT2D eigenvalue weighted by Crippen LogP contribution is -2.16. The largest absolute Gasteiger partial charge is 0.318 e. The number of pyridine rings is 1. The minimum absolute atomic E-state index is 0.105. The van der Waals surface area contributed by atoms with E-state index < -0.39 is 11.4 Å². The van der Waals surface area contributed by atoms with E-state index in [4.69, 9.17) is 0 Å². The van der Waals surface area contributed by atoms with Crippen LogP contribution in [0.2, 0.25) is 0 Å². The second-order valence-corrected chi connectivity index (χ2v) is 2.14. The van der Waals surface area contributed by atoms with Gasteiger partial charge < -0.3 is 4.57 Å². The molecule has 0 bridgehead atoms. The Bertz CT molecular complexity index is 343. The standard InChI is InChI=1S/C7H6FNO2/c1-9-3-5(4-10)6(8)2-7(9)11/h2-4H,1H3. The molecule has 4 heteroatoms. The van der Waals surface area contributed by atoms with Crippen molar-refractivity contribution >= 4 is 6.29 Å². The van der Waals surface area contributed by atoms with Crippen LogP contribution < -0.4 is 5.56 Å². The highest BCUT2D eigenvalue weighted by molar-refractivity contribution is 5.74. The van der Waals surface area contributed by atoms with E-state index in [2.05, 4.69) is 0 Å². The Labute approximate surface area is 62.1 Å². The number of carbonyl (C=O) groups excluding carboxylic acids is 1. The molecule has 0 fully saturated rings. The van der Waals surface area contributed by atoms with E-state index in [9.17, 15) is 14.0 Å². The Balaban J connectivity index is 3.43. The summed E-state index contributed by atoms with van der Waals surface area (Å²) < 4.78 is 13.7. The summed E-state index contributed by atoms with van der Waals surface area (Å²) in [5.41, 5.74) is -0.569. The van der Waals surface area contributed by atoms with Gasteiger partial charge >= 0.3 is 0 Å². The van der Waals surface area contributed by atoms with Gasteiger partial charge in [0, 0.05) is 19.3 Å². The van der Waals surface area contributed by atoms with Crippen molar-refractivity contribution in [2.75, 3.05) is 0 Å². The second-order valence-electron chi connectivity index (χ2n) is 2.14. The van der Waals surface area contributed by atoms with Crippen molar-refractivity contribution in [3.8, 4) is 0 Å². The molecule has 0 aliphatic heterocycles. The summed E-state index contributed by atoms with van der Waals surface area (Å²) in [6.45, 7) is 0. The van der Waals surface area contributed by atoms with Crippen LogP contribution in [0.5, 0.6) is 0 Å². The van der Waals surface area contributed by atoms with Gasteiger partial charge in [-0.3, -0.25) is 9.59 Å². The summed E-state index contributed by atoms with van der Waals surface area (Å²) in [4.78, 5) is 20.9. The lowest BCUT2D eigenvalue weighted by Gasteiger charge is -1.97. The van der Waals surface area contributed by atoms with Crippen LogP contribution in [0.4, 0.5) is 4.39 Å². The molecule has 1 heterocycles. The summed E-state index contributed by atoms with van der Waals surface area (Å²) in [5, 5.41) is 0. The van der Waals surface area contributed by atoms with E-state index in [1.165, 1.54) is 7.05 Å². The van der Waals surface area contributed by atoms with Crippen LogP contribution in [0.3, 0.4) is 0 Å². The van der Waals surface area contributed by atoms with Gasteiger partial charge in [-0.1, -0.05) is 0 Å². The van der Waals surface area contributed by atoms with Crippen molar-refractivity contribution in [1.82, 2.24) is 4.57 Å². The number of aryl methyl sites for hydroxylation is 1. The Morgan fingerprint density at radius 2 is 2.27 bits per heavy atom. The number of rotatable bonds is 1. The maximum absolute atomic E-state index is 12.6. The van der Waals surface area contributed by atoms with Gasteiger partial charge in [0.05, 0.1) is 5.56 Å². The summed E-state index contributed by atoms with van der Waals surface area (Å²) in [7, 11) is 1.45. The molecule has 0 unspecified atom stereocenters. The lowest BCUT2D eigenvalue weighted by atomic mass is 10.3. The van der Waals surface area contributed by atoms with Crippen LogP contribution in [-0.2, 0) is 7.05 Å². The number of nitrogens with zero attached hydrogens (tertiary/aromatic N) is 1. The fourth-order valence-electron chi connectivity index (χ4n) is 0.714. The first kappa shape index (κ1) is 7.65. The molecule has 0 aromatic carbocycles. The Hall–Kier alpha value is -1.45. The van der Waals surface area contributed by atoms with Crippen LogP contribution in [0.1, 0.15) is 10.4 Å². The average molecular weight is 155 g/mol. The summed E-state index contributed by atoms with van der Waals surface area (Å²) >= 11 is 0. The number of halogens is 1. The first-order valence-corrected chi connectivity index (χ1v) is 2.96. The molecule has 0 atom stereocenters. The molecule has 0 saturated heterocycles. The minimum Gasteiger partial charge on any atom is -0.318 e. The first-order chi connectivity index (χ1) is 5.15. The SMILES string of the molecule is Cn1cc(C=O)c(F)cc1=O. The fraction of sp³-hybridized carbons (Fsp3) is 0.143. The van der Waals surface area contributed by atoms with Crippen LogP contribution >= 0.6 is 0 Å². The highest BCUT2D eigenvalue weighted by Gasteiger charge is 2.01. The van der Waals surface area contributed by atoms with E-state index in [0.29, 0.717) is 6.29 Å². The number of hydrogen-bond acceptors (Lipinski definition) is 2. The number of aldehydes is 1. The van der Waals surface area contributed by atoms with Gasteiger partial charge in [-0.15, -0.1) is 0 Å². The fourth-order valence-corrected chi connectivity index (χ4v) is 0.714. The van der Waals surface area contributed by atoms with Crippen LogP contribution in [0, 0.1) is 5.82 Å². The maximum atomic E-state index is 12.6. The molecule has 3 nitrogen and oxygen atoms in total. The van der Waals surface area contributed by atoms with Crippen molar-refractivity contribution < 1.29 is 9.18 Å². The molecule has 0 aliphatic carbocycles. The molecule has 0 saturated carbocycles. The molecule has 0 amide bonds. The third-order valence-corrected chi connectivity index (χ3v) is 1.33. The molecule has 0 N–H and O–H groups in total. The van der Waals surface area contributed by atoms with Gasteiger partial charge in [-0.05, 0) is 0 Å². The Kier molecular flexibility index (Phi) is 1.85. The third kappa shape index (κ3) is 1.34. The molecule has 11 heavy (non-hydrogen) atoms. The normalized spacial score (nSPS) is 9.64. The molecule has 1 aromatic rings. The van der Waals surface area contributed by atoms with Gasteiger partial charge in [0.25, 0.3) is 5.56 Å². The molecule has 1 aromatic heterocycles. The van der Waals surface area contributed by atoms with E-state index in [1.54, 1.807) is 0 Å². The molecule has 0 spiro atoms. The van der Waals surface area contributed by atoms with E-state index >= 15 is 0 Å². The highest BCUT2D eigenvalue weighted by Crippen LogP contribution is 1.98. The summed E-state index contributed by atoms with van der Waals surface area (Å²) in [6, 6.07) is 0.781. The lowest BCUT2D eigenvalue weighted by molar-refractivity contribution is 0.111. The predicted octanol–water partition coefficient (Wildman–Crippen LogP) is 0.337. The Morgan fingerprint density at radius 3 is 2.82 bits per heavy atom. The van der Waals surface area contributed by atoms with E-state index in [0.717, 1.165) is 16.8 Å². The zero-order valence-electron chi connectivity index (χ0n) is 5.87. The van der Waals surface area contributed by atoms with E-state index in [-0.39, 0.29) is 5.56 Å². The first-order valence-electron chi connectivity index (χ1n) is 2.96. The van der Waals surface area contributed by atoms with Crippen molar-refractivity contribution in [1.29, 1.82) is 0 Å². The predicted molar refractivity (Wildman–Crippen MR) is 37.0 cm³/mol. The van der Waals surface area contributed by atoms with Crippen molar-refractivity contribution in [3.63, 3.8) is 0 Å². The van der Waals surface area contributed by atoms with Gasteiger partial charge in [-0.2, -0.15) is 0 Å². The third-order valence-electron chi connectivity index (χ3n) is 1.33. The highest BCUT2D eigenvalue weighted by atomic mass is 19.1. The van der Waals surface area contributed by atoms with Crippen LogP contribution in [-0.4, -0.2) is 10.9 Å². The molecular weight excluding hydrogens is 149 g/mol. The average Bonchev–Trinajstić information content (AvgIpc) is 1.97. The molecular formula is C7H6FNO2. The van der Waals surface area contributed by atoms with Gasteiger partial charge in [0.2, 0.25) is 0 Å². The number of hydrogen-bond donors (Lipinski definition) is 0. The molecule has 1 rings (SSSR count). The number of aromatic nitrogens is 1. The van der Waals surface area contributed by atoms with Crippen molar-refractivity contribution in [2.24, 2.45) is 7.05 Å². The molecule has 0 aliphatic rings. The van der Waals surface area contributed by atoms with Crippen molar-refractivity contribution in [2.45, 2.75) is 0 Å². The zero-order valence-corrected chi connectivity index (χ0v) is 5.87. The van der Waals surface area contributed by atoms with Gasteiger partial charge in [-0.25, -0.2) is 4.39 Å². The smallest absolute Gasteiger partial charge is 0.253 e. The summed E-state index contributed by atoms with van der Waals surface area (Å²) in [6.07, 6.45) is 1.53. The maximum Gasteiger partial charge on any atom is 0.253 e. The van der Waals surface area contributed by atoms with Gasteiger partial charge in [0.1, 0.15) is 5.82 Å². The van der Waals surface area contributed by atoms with Crippen LogP contribution in [0.25, 0.3) is 0 Å². The summed E-state index contributed by atoms with van der Waals surface area (Å²) in [5.74, 6) is -0.775. The second kappa shape index (κ2) is 2.65. The van der Waals surface area contributed by atoms with Crippen LogP contribution in [0.15, 0.2) is 17.1 Å². The quantitative estimate of drug-likeness (QED) is 0.548. The van der Waals surface area contributed by atoms with Gasteiger partial charge in [0.15, 0.2) is 6.29 Å². The zero-order chi connectivity index (χ0) is 8.43. The van der Waals surface area contributed by atoms with Crippen molar-refractivity contribution in [3.05, 3.63) is 34.0 Å². The Morgan fingerprint density at radius 1 is 1.64 bits per heavy atom. The minimum atomic E-state index is -0.775. The molecule has 0 radical (unpaired) electrons.